The molecule has 1 heterocycles. The van der Waals surface area contributed by atoms with Crippen LogP contribution < -0.4 is 10.6 Å². The van der Waals surface area contributed by atoms with Crippen molar-refractivity contribution in [1.29, 1.82) is 0 Å². The van der Waals surface area contributed by atoms with Crippen LogP contribution in [0.1, 0.15) is 30.4 Å². The number of benzene rings is 1. The lowest BCUT2D eigenvalue weighted by atomic mass is 9.73. The Balaban J connectivity index is 2.07. The number of imide groups is 1. The standard InChI is InChI=1S/C13H13BrN2O2/c1-7-5-13(11(17)15-12(18)16-13)6-8-3-2-4-9(14)10(7)8/h2-4,7H,5-6H2,1H3,(H2,15,16,17,18). The topological polar surface area (TPSA) is 58.2 Å². The molecule has 18 heavy (non-hydrogen) atoms. The molecule has 2 unspecified atom stereocenters. The van der Waals surface area contributed by atoms with E-state index in [1.807, 2.05) is 18.2 Å². The lowest BCUT2D eigenvalue weighted by Gasteiger charge is -2.36. The minimum Gasteiger partial charge on any atom is -0.323 e. The molecule has 2 atom stereocenters. The molecule has 0 radical (unpaired) electrons. The van der Waals surface area contributed by atoms with Crippen LogP contribution in [-0.2, 0) is 11.2 Å². The maximum Gasteiger partial charge on any atom is 0.322 e. The second kappa shape index (κ2) is 3.82. The van der Waals surface area contributed by atoms with Gasteiger partial charge in [-0.1, -0.05) is 35.0 Å². The maximum atomic E-state index is 12.0. The van der Waals surface area contributed by atoms with Crippen molar-refractivity contribution in [2.45, 2.75) is 31.2 Å². The number of carbonyl (C=O) groups is 2. The predicted octanol–water partition coefficient (Wildman–Crippen LogP) is 2.08. The zero-order chi connectivity index (χ0) is 12.9. The van der Waals surface area contributed by atoms with Crippen LogP contribution in [-0.4, -0.2) is 17.5 Å². The number of amides is 3. The van der Waals surface area contributed by atoms with Gasteiger partial charge in [-0.05, 0) is 29.5 Å². The van der Waals surface area contributed by atoms with E-state index in [9.17, 15) is 9.59 Å². The first kappa shape index (κ1) is 11.7. The van der Waals surface area contributed by atoms with Crippen molar-refractivity contribution in [3.63, 3.8) is 0 Å². The molecule has 0 saturated carbocycles. The number of hydrogen-bond donors (Lipinski definition) is 2. The van der Waals surface area contributed by atoms with E-state index in [1.165, 1.54) is 5.56 Å². The number of carbonyl (C=O) groups excluding carboxylic acids is 2. The molecule has 1 spiro atoms. The quantitative estimate of drug-likeness (QED) is 0.721. The zero-order valence-corrected chi connectivity index (χ0v) is 11.5. The first-order chi connectivity index (χ1) is 8.52. The molecule has 2 N–H and O–H groups in total. The Hall–Kier alpha value is -1.36. The average Bonchev–Trinajstić information content (AvgIpc) is 2.52. The molecule has 1 aliphatic carbocycles. The number of halogens is 1. The second-order valence-corrected chi connectivity index (χ2v) is 5.94. The summed E-state index contributed by atoms with van der Waals surface area (Å²) in [6.07, 6.45) is 1.20. The van der Waals surface area contributed by atoms with Gasteiger partial charge in [-0.15, -0.1) is 0 Å². The summed E-state index contributed by atoms with van der Waals surface area (Å²) < 4.78 is 1.08. The molecule has 0 aromatic heterocycles. The summed E-state index contributed by atoms with van der Waals surface area (Å²) in [7, 11) is 0. The van der Waals surface area contributed by atoms with Gasteiger partial charge in [-0.2, -0.15) is 0 Å². The Labute approximate surface area is 113 Å². The van der Waals surface area contributed by atoms with Crippen molar-refractivity contribution in [2.75, 3.05) is 0 Å². The molecule has 3 rings (SSSR count). The number of nitrogens with one attached hydrogen (secondary N) is 2. The summed E-state index contributed by atoms with van der Waals surface area (Å²) in [4.78, 5) is 23.4. The predicted molar refractivity (Wildman–Crippen MR) is 70.3 cm³/mol. The molecule has 3 amide bonds. The van der Waals surface area contributed by atoms with E-state index < -0.39 is 5.54 Å². The zero-order valence-electron chi connectivity index (χ0n) is 9.92. The van der Waals surface area contributed by atoms with E-state index in [-0.39, 0.29) is 17.9 Å². The van der Waals surface area contributed by atoms with Crippen LogP contribution >= 0.6 is 15.9 Å². The number of hydrogen-bond acceptors (Lipinski definition) is 2. The van der Waals surface area contributed by atoms with Crippen molar-refractivity contribution in [2.24, 2.45) is 0 Å². The van der Waals surface area contributed by atoms with Gasteiger partial charge in [-0.3, -0.25) is 10.1 Å². The minimum absolute atomic E-state index is 0.204. The Morgan fingerprint density at radius 3 is 2.83 bits per heavy atom. The summed E-state index contributed by atoms with van der Waals surface area (Å²) in [5.41, 5.74) is 1.61. The van der Waals surface area contributed by atoms with Crippen LogP contribution in [0, 0.1) is 0 Å². The molecule has 1 saturated heterocycles. The van der Waals surface area contributed by atoms with Crippen LogP contribution in [0.3, 0.4) is 0 Å². The number of fused-ring (bicyclic) bond motifs is 1. The molecule has 4 nitrogen and oxygen atoms in total. The number of urea groups is 1. The third kappa shape index (κ3) is 1.57. The van der Waals surface area contributed by atoms with E-state index >= 15 is 0 Å². The van der Waals surface area contributed by atoms with Gasteiger partial charge in [0.2, 0.25) is 0 Å². The monoisotopic (exact) mass is 308 g/mol. The molecule has 1 fully saturated rings. The molecule has 0 bridgehead atoms. The molecule has 94 valence electrons. The highest BCUT2D eigenvalue weighted by Gasteiger charge is 2.49. The van der Waals surface area contributed by atoms with Crippen LogP contribution in [0.5, 0.6) is 0 Å². The summed E-state index contributed by atoms with van der Waals surface area (Å²) in [5, 5.41) is 5.14. The SMILES string of the molecule is CC1CC2(Cc3cccc(Br)c31)NC(=O)NC2=O. The van der Waals surface area contributed by atoms with Gasteiger partial charge in [0.25, 0.3) is 5.91 Å². The fourth-order valence-electron chi connectivity index (χ4n) is 3.11. The van der Waals surface area contributed by atoms with E-state index in [0.29, 0.717) is 12.8 Å². The van der Waals surface area contributed by atoms with Crippen molar-refractivity contribution in [3.05, 3.63) is 33.8 Å². The summed E-state index contributed by atoms with van der Waals surface area (Å²) in [6.45, 7) is 2.09. The molecule has 2 aliphatic rings. The summed E-state index contributed by atoms with van der Waals surface area (Å²) >= 11 is 3.56. The van der Waals surface area contributed by atoms with Crippen molar-refractivity contribution < 1.29 is 9.59 Å². The highest BCUT2D eigenvalue weighted by molar-refractivity contribution is 9.10. The Bertz CT molecular complexity index is 558. The third-order valence-corrected chi connectivity index (χ3v) is 4.49. The molecule has 1 aliphatic heterocycles. The second-order valence-electron chi connectivity index (χ2n) is 5.08. The lowest BCUT2D eigenvalue weighted by Crippen LogP contribution is -2.51. The fourth-order valence-corrected chi connectivity index (χ4v) is 3.90. The smallest absolute Gasteiger partial charge is 0.322 e. The summed E-state index contributed by atoms with van der Waals surface area (Å²) in [5.74, 6) is 0.0263. The third-order valence-electron chi connectivity index (χ3n) is 3.80. The van der Waals surface area contributed by atoms with Gasteiger partial charge in [0.1, 0.15) is 5.54 Å². The maximum absolute atomic E-state index is 12.0. The molecule has 1 aromatic rings. The van der Waals surface area contributed by atoms with E-state index in [1.54, 1.807) is 0 Å². The Morgan fingerprint density at radius 1 is 1.39 bits per heavy atom. The summed E-state index contributed by atoms with van der Waals surface area (Å²) in [6, 6.07) is 5.62. The van der Waals surface area contributed by atoms with E-state index in [0.717, 1.165) is 10.0 Å². The van der Waals surface area contributed by atoms with Crippen LogP contribution in [0.2, 0.25) is 0 Å². The van der Waals surface area contributed by atoms with E-state index in [4.69, 9.17) is 0 Å². The molecular weight excluding hydrogens is 296 g/mol. The van der Waals surface area contributed by atoms with Crippen LogP contribution in [0.15, 0.2) is 22.7 Å². The Kier molecular flexibility index (Phi) is 2.48. The van der Waals surface area contributed by atoms with Gasteiger partial charge >= 0.3 is 6.03 Å². The first-order valence-electron chi connectivity index (χ1n) is 5.93. The average molecular weight is 309 g/mol. The van der Waals surface area contributed by atoms with Gasteiger partial charge in [0, 0.05) is 10.9 Å². The van der Waals surface area contributed by atoms with E-state index in [2.05, 4.69) is 33.5 Å². The highest BCUT2D eigenvalue weighted by Crippen LogP contribution is 2.41. The Morgan fingerprint density at radius 2 is 2.17 bits per heavy atom. The molecular formula is C13H13BrN2O2. The van der Waals surface area contributed by atoms with Gasteiger partial charge in [0.05, 0.1) is 0 Å². The van der Waals surface area contributed by atoms with Crippen molar-refractivity contribution >= 4 is 27.9 Å². The normalized spacial score (nSPS) is 30.0. The van der Waals surface area contributed by atoms with Gasteiger partial charge in [-0.25, -0.2) is 4.79 Å². The lowest BCUT2D eigenvalue weighted by molar-refractivity contribution is -0.124. The fraction of sp³-hybridized carbons (Fsp3) is 0.385. The minimum atomic E-state index is -0.760. The number of rotatable bonds is 0. The largest absolute Gasteiger partial charge is 0.323 e. The van der Waals surface area contributed by atoms with Crippen LogP contribution in [0.25, 0.3) is 0 Å². The van der Waals surface area contributed by atoms with Gasteiger partial charge in [0.15, 0.2) is 0 Å². The molecule has 5 heteroatoms. The van der Waals surface area contributed by atoms with Crippen LogP contribution in [0.4, 0.5) is 4.79 Å². The molecule has 1 aromatic carbocycles. The first-order valence-corrected chi connectivity index (χ1v) is 6.72. The van der Waals surface area contributed by atoms with Crippen molar-refractivity contribution in [1.82, 2.24) is 10.6 Å². The van der Waals surface area contributed by atoms with Gasteiger partial charge < -0.3 is 5.32 Å². The highest BCUT2D eigenvalue weighted by atomic mass is 79.9. The van der Waals surface area contributed by atoms with Crippen molar-refractivity contribution in [3.8, 4) is 0 Å².